The van der Waals surface area contributed by atoms with Crippen LogP contribution in [0.15, 0.2) is 42.5 Å². The number of ether oxygens (including phenoxy) is 2. The van der Waals surface area contributed by atoms with Crippen molar-refractivity contribution >= 4 is 0 Å². The second-order valence-corrected chi connectivity index (χ2v) is 5.29. The summed E-state index contributed by atoms with van der Waals surface area (Å²) in [7, 11) is 0. The second-order valence-electron chi connectivity index (χ2n) is 5.29. The zero-order valence-electron chi connectivity index (χ0n) is 13.7. The van der Waals surface area contributed by atoms with Gasteiger partial charge in [0.05, 0.1) is 13.2 Å². The van der Waals surface area contributed by atoms with Crippen molar-refractivity contribution < 1.29 is 13.9 Å². The van der Waals surface area contributed by atoms with Crippen molar-refractivity contribution in [1.29, 1.82) is 0 Å². The zero-order valence-corrected chi connectivity index (χ0v) is 13.7. The van der Waals surface area contributed by atoms with Gasteiger partial charge in [-0.05, 0) is 50.1 Å². The Morgan fingerprint density at radius 3 is 2.43 bits per heavy atom. The molecule has 3 nitrogen and oxygen atoms in total. The van der Waals surface area contributed by atoms with Gasteiger partial charge in [-0.3, -0.25) is 0 Å². The molecule has 2 aromatic rings. The molecule has 0 aliphatic carbocycles. The van der Waals surface area contributed by atoms with Crippen molar-refractivity contribution in [2.24, 2.45) is 5.73 Å². The van der Waals surface area contributed by atoms with Crippen molar-refractivity contribution in [2.75, 3.05) is 19.8 Å². The van der Waals surface area contributed by atoms with E-state index >= 15 is 0 Å². The lowest BCUT2D eigenvalue weighted by Gasteiger charge is -2.20. The fourth-order valence-electron chi connectivity index (χ4n) is 2.64. The molecule has 2 N–H and O–H groups in total. The normalized spacial score (nSPS) is 12.0. The van der Waals surface area contributed by atoms with Gasteiger partial charge in [-0.15, -0.1) is 0 Å². The summed E-state index contributed by atoms with van der Waals surface area (Å²) in [4.78, 5) is 0. The molecule has 0 saturated heterocycles. The monoisotopic (exact) mass is 317 g/mol. The van der Waals surface area contributed by atoms with Gasteiger partial charge < -0.3 is 15.2 Å². The largest absolute Gasteiger partial charge is 0.494 e. The molecule has 124 valence electrons. The van der Waals surface area contributed by atoms with Gasteiger partial charge in [0.2, 0.25) is 0 Å². The number of halogens is 1. The molecule has 4 heteroatoms. The molecule has 0 saturated carbocycles. The minimum absolute atomic E-state index is 0.0101. The average molecular weight is 317 g/mol. The SMILES string of the molecule is CCOc1ccc(C(CN)Cc2ccccc2F)c(OCC)c1. The van der Waals surface area contributed by atoms with Crippen molar-refractivity contribution in [3.63, 3.8) is 0 Å². The van der Waals surface area contributed by atoms with Gasteiger partial charge in [0.25, 0.3) is 0 Å². The summed E-state index contributed by atoms with van der Waals surface area (Å²) >= 11 is 0. The van der Waals surface area contributed by atoms with Gasteiger partial charge in [-0.25, -0.2) is 4.39 Å². The van der Waals surface area contributed by atoms with E-state index in [1.165, 1.54) is 6.07 Å². The fourth-order valence-corrected chi connectivity index (χ4v) is 2.64. The third-order valence-electron chi connectivity index (χ3n) is 3.74. The molecule has 0 heterocycles. The van der Waals surface area contributed by atoms with E-state index in [1.807, 2.05) is 38.1 Å². The van der Waals surface area contributed by atoms with Crippen LogP contribution in [0.3, 0.4) is 0 Å². The van der Waals surface area contributed by atoms with Gasteiger partial charge in [0.15, 0.2) is 0 Å². The Hall–Kier alpha value is -2.07. The Morgan fingerprint density at radius 1 is 1.04 bits per heavy atom. The summed E-state index contributed by atoms with van der Waals surface area (Å²) < 4.78 is 25.2. The van der Waals surface area contributed by atoms with Crippen molar-refractivity contribution in [3.8, 4) is 11.5 Å². The minimum atomic E-state index is -0.199. The van der Waals surface area contributed by atoms with Gasteiger partial charge in [0.1, 0.15) is 17.3 Å². The topological polar surface area (TPSA) is 44.5 Å². The molecular weight excluding hydrogens is 293 g/mol. The van der Waals surface area contributed by atoms with E-state index in [-0.39, 0.29) is 11.7 Å². The highest BCUT2D eigenvalue weighted by Gasteiger charge is 2.18. The van der Waals surface area contributed by atoms with Crippen LogP contribution < -0.4 is 15.2 Å². The smallest absolute Gasteiger partial charge is 0.126 e. The predicted molar refractivity (Wildman–Crippen MR) is 90.7 cm³/mol. The van der Waals surface area contributed by atoms with Gasteiger partial charge in [-0.1, -0.05) is 24.3 Å². The lowest BCUT2D eigenvalue weighted by molar-refractivity contribution is 0.319. The molecule has 1 unspecified atom stereocenters. The standard InChI is InChI=1S/C19H24FNO2/c1-3-22-16-9-10-17(19(12-16)23-4-2)15(13-21)11-14-7-5-6-8-18(14)20/h5-10,12,15H,3-4,11,13,21H2,1-2H3. The number of hydrogen-bond donors (Lipinski definition) is 1. The van der Waals surface area contributed by atoms with E-state index in [1.54, 1.807) is 12.1 Å². The molecule has 2 rings (SSSR count). The molecule has 0 spiro atoms. The third-order valence-corrected chi connectivity index (χ3v) is 3.74. The van der Waals surface area contributed by atoms with Crippen molar-refractivity contribution in [2.45, 2.75) is 26.2 Å². The van der Waals surface area contributed by atoms with Crippen LogP contribution in [-0.2, 0) is 6.42 Å². The Bertz CT molecular complexity index is 631. The van der Waals surface area contributed by atoms with Crippen LogP contribution in [-0.4, -0.2) is 19.8 Å². The summed E-state index contributed by atoms with van der Waals surface area (Å²) in [6, 6.07) is 12.6. The number of benzene rings is 2. The molecular formula is C19H24FNO2. The minimum Gasteiger partial charge on any atom is -0.494 e. The first kappa shape index (κ1) is 17.3. The maximum Gasteiger partial charge on any atom is 0.126 e. The second kappa shape index (κ2) is 8.53. The first-order valence-corrected chi connectivity index (χ1v) is 8.02. The molecule has 23 heavy (non-hydrogen) atoms. The van der Waals surface area contributed by atoms with Gasteiger partial charge in [0, 0.05) is 12.0 Å². The molecule has 0 aliphatic rings. The lowest BCUT2D eigenvalue weighted by atomic mass is 9.91. The average Bonchev–Trinajstić information content (AvgIpc) is 2.56. The predicted octanol–water partition coefficient (Wildman–Crippen LogP) is 3.91. The maximum absolute atomic E-state index is 13.9. The quantitative estimate of drug-likeness (QED) is 0.803. The Kier molecular flexibility index (Phi) is 6.41. The molecule has 0 bridgehead atoms. The van der Waals surface area contributed by atoms with E-state index in [4.69, 9.17) is 15.2 Å². The highest BCUT2D eigenvalue weighted by Crippen LogP contribution is 2.33. The first-order valence-electron chi connectivity index (χ1n) is 8.02. The summed E-state index contributed by atoms with van der Waals surface area (Å²) in [5.41, 5.74) is 7.61. The molecule has 1 atom stereocenters. The van der Waals surface area contributed by atoms with Crippen LogP contribution in [0.4, 0.5) is 4.39 Å². The fraction of sp³-hybridized carbons (Fsp3) is 0.368. The Morgan fingerprint density at radius 2 is 1.78 bits per heavy atom. The molecule has 0 aromatic heterocycles. The van der Waals surface area contributed by atoms with E-state index in [9.17, 15) is 4.39 Å². The molecule has 0 aliphatic heterocycles. The van der Waals surface area contributed by atoms with Crippen LogP contribution in [0, 0.1) is 5.82 Å². The summed E-state index contributed by atoms with van der Waals surface area (Å²) in [5.74, 6) is 1.31. The Balaban J connectivity index is 2.30. The molecule has 0 fully saturated rings. The first-order chi connectivity index (χ1) is 11.2. The van der Waals surface area contributed by atoms with E-state index in [0.717, 1.165) is 17.1 Å². The van der Waals surface area contributed by atoms with Crippen molar-refractivity contribution in [1.82, 2.24) is 0 Å². The van der Waals surface area contributed by atoms with E-state index in [0.29, 0.717) is 31.7 Å². The number of hydrogen-bond acceptors (Lipinski definition) is 3. The number of rotatable bonds is 8. The molecule has 2 aromatic carbocycles. The molecule has 0 amide bonds. The van der Waals surface area contributed by atoms with Gasteiger partial charge >= 0.3 is 0 Å². The maximum atomic E-state index is 13.9. The van der Waals surface area contributed by atoms with Crippen LogP contribution >= 0.6 is 0 Å². The highest BCUT2D eigenvalue weighted by molar-refractivity contribution is 5.43. The van der Waals surface area contributed by atoms with Crippen LogP contribution in [0.2, 0.25) is 0 Å². The lowest BCUT2D eigenvalue weighted by Crippen LogP contribution is -2.17. The third kappa shape index (κ3) is 4.45. The van der Waals surface area contributed by atoms with Crippen LogP contribution in [0.5, 0.6) is 11.5 Å². The number of nitrogens with two attached hydrogens (primary N) is 1. The summed E-state index contributed by atoms with van der Waals surface area (Å²) in [5, 5.41) is 0. The van der Waals surface area contributed by atoms with Crippen LogP contribution in [0.1, 0.15) is 30.9 Å². The van der Waals surface area contributed by atoms with Crippen molar-refractivity contribution in [3.05, 3.63) is 59.4 Å². The Labute approximate surface area is 137 Å². The summed E-state index contributed by atoms with van der Waals surface area (Å²) in [6.45, 7) is 5.45. The van der Waals surface area contributed by atoms with Crippen LogP contribution in [0.25, 0.3) is 0 Å². The zero-order chi connectivity index (χ0) is 16.7. The molecule has 0 radical (unpaired) electrons. The van der Waals surface area contributed by atoms with E-state index in [2.05, 4.69) is 0 Å². The van der Waals surface area contributed by atoms with E-state index < -0.39 is 0 Å². The van der Waals surface area contributed by atoms with Gasteiger partial charge in [-0.2, -0.15) is 0 Å². The highest BCUT2D eigenvalue weighted by atomic mass is 19.1. The summed E-state index contributed by atoms with van der Waals surface area (Å²) in [6.07, 6.45) is 0.539.